The average molecular weight is 474 g/mol. The third kappa shape index (κ3) is 5.56. The Hall–Kier alpha value is -2.26. The Labute approximate surface area is 194 Å². The van der Waals surface area contributed by atoms with E-state index in [1.807, 2.05) is 38.1 Å². The zero-order chi connectivity index (χ0) is 23.1. The molecule has 0 spiro atoms. The van der Waals surface area contributed by atoms with Gasteiger partial charge in [-0.3, -0.25) is 0 Å². The van der Waals surface area contributed by atoms with Crippen molar-refractivity contribution < 1.29 is 13.2 Å². The number of ether oxygens (including phenoxy) is 1. The smallest absolute Gasteiger partial charge is 0.243 e. The summed E-state index contributed by atoms with van der Waals surface area (Å²) < 4.78 is 34.5. The molecule has 0 radical (unpaired) electrons. The molecular weight excluding hydrogens is 442 g/mol. The van der Waals surface area contributed by atoms with Crippen LogP contribution < -0.4 is 4.80 Å². The van der Waals surface area contributed by atoms with Crippen molar-refractivity contribution in [3.05, 3.63) is 64.3 Å². The van der Waals surface area contributed by atoms with Crippen LogP contribution in [0.3, 0.4) is 0 Å². The topological polar surface area (TPSA) is 63.9 Å². The highest BCUT2D eigenvalue weighted by atomic mass is 32.2. The van der Waals surface area contributed by atoms with Crippen molar-refractivity contribution in [3.63, 3.8) is 0 Å². The molecule has 3 rings (SSSR count). The fourth-order valence-corrected chi connectivity index (χ4v) is 5.89. The number of aryl methyl sites for hydroxylation is 1. The number of rotatable bonds is 10. The predicted octanol–water partition coefficient (Wildman–Crippen LogP) is 4.82. The van der Waals surface area contributed by atoms with Gasteiger partial charge in [0, 0.05) is 38.7 Å². The van der Waals surface area contributed by atoms with Crippen molar-refractivity contribution in [2.45, 2.75) is 38.6 Å². The van der Waals surface area contributed by atoms with Crippen molar-refractivity contribution in [3.8, 4) is 11.3 Å². The summed E-state index contributed by atoms with van der Waals surface area (Å²) in [4.78, 5) is 6.07. The van der Waals surface area contributed by atoms with Gasteiger partial charge < -0.3 is 9.30 Å². The van der Waals surface area contributed by atoms with Crippen LogP contribution in [-0.4, -0.2) is 44.1 Å². The molecule has 0 aliphatic carbocycles. The standard InChI is InChI=1S/C24H31N3O3S2/c1-5-26(6-2)32(28,29)22-14-10-20(11-15-22)23-18-31-24(27(23)16-7-17-30-4)25-21-12-8-19(3)9-13-21/h8-15,18H,5-7,16-17H2,1-4H3. The molecular formula is C24H31N3O3S2. The SMILES string of the molecule is CCN(CC)S(=O)(=O)c1ccc(-c2csc(=Nc3ccc(C)cc3)n2CCCOC)cc1. The summed E-state index contributed by atoms with van der Waals surface area (Å²) in [6.45, 7) is 8.08. The molecule has 8 heteroatoms. The summed E-state index contributed by atoms with van der Waals surface area (Å²) in [5.41, 5.74) is 4.08. The lowest BCUT2D eigenvalue weighted by atomic mass is 10.2. The molecule has 0 saturated carbocycles. The second kappa shape index (κ2) is 11.0. The predicted molar refractivity (Wildman–Crippen MR) is 131 cm³/mol. The van der Waals surface area contributed by atoms with E-state index in [9.17, 15) is 8.42 Å². The summed E-state index contributed by atoms with van der Waals surface area (Å²) in [6.07, 6.45) is 0.857. The van der Waals surface area contributed by atoms with Crippen molar-refractivity contribution in [1.29, 1.82) is 0 Å². The van der Waals surface area contributed by atoms with Crippen LogP contribution in [0.25, 0.3) is 11.3 Å². The van der Waals surface area contributed by atoms with Gasteiger partial charge in [0.25, 0.3) is 0 Å². The highest BCUT2D eigenvalue weighted by Gasteiger charge is 2.21. The third-order valence-electron chi connectivity index (χ3n) is 5.28. The maximum atomic E-state index is 12.8. The van der Waals surface area contributed by atoms with Crippen LogP contribution in [0.4, 0.5) is 5.69 Å². The second-order valence-corrected chi connectivity index (χ2v) is 10.2. The minimum Gasteiger partial charge on any atom is -0.385 e. The van der Waals surface area contributed by atoms with Crippen molar-refractivity contribution in [1.82, 2.24) is 8.87 Å². The monoisotopic (exact) mass is 473 g/mol. The molecule has 0 bridgehead atoms. The molecule has 0 amide bonds. The molecule has 0 aliphatic rings. The number of methoxy groups -OCH3 is 1. The molecule has 6 nitrogen and oxygen atoms in total. The normalized spacial score (nSPS) is 12.6. The van der Waals surface area contributed by atoms with E-state index < -0.39 is 10.0 Å². The molecule has 0 N–H and O–H groups in total. The quantitative estimate of drug-likeness (QED) is 0.397. The van der Waals surface area contributed by atoms with Crippen molar-refractivity contribution >= 4 is 27.0 Å². The van der Waals surface area contributed by atoms with Gasteiger partial charge in [-0.1, -0.05) is 43.7 Å². The lowest BCUT2D eigenvalue weighted by Gasteiger charge is -2.18. The van der Waals surface area contributed by atoms with Gasteiger partial charge in [-0.05, 0) is 43.2 Å². The van der Waals surface area contributed by atoms with Crippen LogP contribution in [0.2, 0.25) is 0 Å². The van der Waals surface area contributed by atoms with Gasteiger partial charge >= 0.3 is 0 Å². The first-order chi connectivity index (χ1) is 15.4. The molecule has 0 atom stereocenters. The molecule has 3 aromatic rings. The maximum Gasteiger partial charge on any atom is 0.243 e. The summed E-state index contributed by atoms with van der Waals surface area (Å²) >= 11 is 1.58. The van der Waals surface area contributed by atoms with Gasteiger partial charge in [0.1, 0.15) is 0 Å². The minimum atomic E-state index is -3.47. The average Bonchev–Trinajstić information content (AvgIpc) is 3.18. The van der Waals surface area contributed by atoms with Gasteiger partial charge in [0.2, 0.25) is 10.0 Å². The fourth-order valence-electron chi connectivity index (χ4n) is 3.47. The number of benzene rings is 2. The Morgan fingerprint density at radius 1 is 1.03 bits per heavy atom. The molecule has 1 heterocycles. The number of thiazole rings is 1. The Morgan fingerprint density at radius 2 is 1.69 bits per heavy atom. The molecule has 0 fully saturated rings. The molecule has 0 aliphatic heterocycles. The summed E-state index contributed by atoms with van der Waals surface area (Å²) in [6, 6.07) is 15.3. The highest BCUT2D eigenvalue weighted by molar-refractivity contribution is 7.89. The Balaban J connectivity index is 2.00. The van der Waals surface area contributed by atoms with E-state index >= 15 is 0 Å². The Bertz CT molecular complexity index is 1170. The first kappa shape index (κ1) is 24.4. The maximum absolute atomic E-state index is 12.8. The lowest BCUT2D eigenvalue weighted by molar-refractivity contribution is 0.190. The highest BCUT2D eigenvalue weighted by Crippen LogP contribution is 2.24. The fraction of sp³-hybridized carbons (Fsp3) is 0.375. The molecule has 172 valence electrons. The summed E-state index contributed by atoms with van der Waals surface area (Å²) in [5, 5.41) is 2.08. The van der Waals surface area contributed by atoms with Crippen LogP contribution in [-0.2, 0) is 21.3 Å². The molecule has 0 unspecified atom stereocenters. The zero-order valence-electron chi connectivity index (χ0n) is 19.1. The minimum absolute atomic E-state index is 0.315. The number of sulfonamides is 1. The van der Waals surface area contributed by atoms with Crippen molar-refractivity contribution in [2.24, 2.45) is 4.99 Å². The number of nitrogens with zero attached hydrogens (tertiary/aromatic N) is 3. The van der Waals surface area contributed by atoms with E-state index in [1.54, 1.807) is 30.6 Å². The van der Waals surface area contributed by atoms with Gasteiger partial charge in [-0.15, -0.1) is 11.3 Å². The van der Waals surface area contributed by atoms with E-state index in [4.69, 9.17) is 9.73 Å². The molecule has 0 saturated heterocycles. The third-order valence-corrected chi connectivity index (χ3v) is 8.21. The summed E-state index contributed by atoms with van der Waals surface area (Å²) in [5.74, 6) is 0. The first-order valence-electron chi connectivity index (χ1n) is 10.8. The number of hydrogen-bond acceptors (Lipinski definition) is 5. The Morgan fingerprint density at radius 3 is 2.28 bits per heavy atom. The Kier molecular flexibility index (Phi) is 8.42. The van der Waals surface area contributed by atoms with E-state index in [0.29, 0.717) is 24.6 Å². The van der Waals surface area contributed by atoms with Crippen molar-refractivity contribution in [2.75, 3.05) is 26.8 Å². The number of aromatic nitrogens is 1. The molecule has 1 aromatic heterocycles. The van der Waals surface area contributed by atoms with Gasteiger partial charge in [0.15, 0.2) is 4.80 Å². The van der Waals surface area contributed by atoms with Gasteiger partial charge in [-0.25, -0.2) is 13.4 Å². The second-order valence-electron chi connectivity index (χ2n) is 7.46. The van der Waals surface area contributed by atoms with Gasteiger partial charge in [0.05, 0.1) is 16.3 Å². The van der Waals surface area contributed by atoms with E-state index in [2.05, 4.69) is 29.0 Å². The lowest BCUT2D eigenvalue weighted by Crippen LogP contribution is -2.30. The van der Waals surface area contributed by atoms with Crippen LogP contribution in [0, 0.1) is 6.92 Å². The van der Waals surface area contributed by atoms with Gasteiger partial charge in [-0.2, -0.15) is 4.31 Å². The number of hydrogen-bond donors (Lipinski definition) is 0. The molecule has 2 aromatic carbocycles. The van der Waals surface area contributed by atoms with Crippen LogP contribution >= 0.6 is 11.3 Å². The van der Waals surface area contributed by atoms with E-state index in [0.717, 1.165) is 34.7 Å². The van der Waals surface area contributed by atoms with Crippen LogP contribution in [0.1, 0.15) is 25.8 Å². The molecule has 32 heavy (non-hydrogen) atoms. The largest absolute Gasteiger partial charge is 0.385 e. The van der Waals surface area contributed by atoms with Crippen LogP contribution in [0.15, 0.2) is 63.8 Å². The van der Waals surface area contributed by atoms with E-state index in [-0.39, 0.29) is 0 Å². The first-order valence-corrected chi connectivity index (χ1v) is 13.1. The van der Waals surface area contributed by atoms with Crippen LogP contribution in [0.5, 0.6) is 0 Å². The van der Waals surface area contributed by atoms with E-state index in [1.165, 1.54) is 9.87 Å². The zero-order valence-corrected chi connectivity index (χ0v) is 20.7. The summed E-state index contributed by atoms with van der Waals surface area (Å²) in [7, 11) is -1.77.